The van der Waals surface area contributed by atoms with Crippen molar-refractivity contribution in [1.29, 1.82) is 0 Å². The lowest BCUT2D eigenvalue weighted by molar-refractivity contribution is -0.873. The highest BCUT2D eigenvalue weighted by atomic mass is 16.5. The van der Waals surface area contributed by atoms with E-state index in [1.807, 2.05) is 51.5 Å². The van der Waals surface area contributed by atoms with Crippen molar-refractivity contribution in [3.8, 4) is 0 Å². The van der Waals surface area contributed by atoms with Crippen molar-refractivity contribution in [3.05, 3.63) is 35.9 Å². The number of carboxylic acid groups (broad SMARTS) is 1. The van der Waals surface area contributed by atoms with Gasteiger partial charge in [0.15, 0.2) is 6.10 Å². The number of hydrogen-bond donors (Lipinski definition) is 1. The van der Waals surface area contributed by atoms with Crippen LogP contribution in [0.3, 0.4) is 0 Å². The molecule has 1 rings (SSSR count). The Balaban J connectivity index is 2.40. The van der Waals surface area contributed by atoms with Gasteiger partial charge in [0.1, 0.15) is 6.54 Å². The molecule has 0 radical (unpaired) electrons. The minimum Gasteiger partial charge on any atom is -0.481 e. The van der Waals surface area contributed by atoms with E-state index in [4.69, 9.17) is 9.84 Å². The van der Waals surface area contributed by atoms with Gasteiger partial charge in [-0.25, -0.2) is 0 Å². The summed E-state index contributed by atoms with van der Waals surface area (Å²) < 4.78 is 5.89. The van der Waals surface area contributed by atoms with Gasteiger partial charge >= 0.3 is 11.9 Å². The van der Waals surface area contributed by atoms with Crippen molar-refractivity contribution >= 4 is 11.9 Å². The number of benzene rings is 1. The first-order valence-electron chi connectivity index (χ1n) is 7.52. The van der Waals surface area contributed by atoms with Gasteiger partial charge in [-0.15, -0.1) is 0 Å². The number of ether oxygens (including phenoxy) is 1. The molecular formula is C17H26NO4+. The molecule has 0 unspecified atom stereocenters. The van der Waals surface area contributed by atoms with Crippen LogP contribution in [0, 0.1) is 0 Å². The fraction of sp³-hybridized carbons (Fsp3) is 0.529. The summed E-state index contributed by atoms with van der Waals surface area (Å²) in [4.78, 5) is 22.8. The molecule has 0 aliphatic heterocycles. The van der Waals surface area contributed by atoms with Crippen LogP contribution >= 0.6 is 0 Å². The van der Waals surface area contributed by atoms with Gasteiger partial charge in [-0.3, -0.25) is 9.59 Å². The number of hydrogen-bond acceptors (Lipinski definition) is 3. The third kappa shape index (κ3) is 8.42. The van der Waals surface area contributed by atoms with Crippen molar-refractivity contribution in [1.82, 2.24) is 0 Å². The number of carboxylic acids is 1. The largest absolute Gasteiger partial charge is 0.481 e. The Labute approximate surface area is 132 Å². The molecule has 5 heteroatoms. The third-order valence-corrected chi connectivity index (χ3v) is 3.14. The number of carbonyl (C=O) groups is 2. The first-order valence-corrected chi connectivity index (χ1v) is 7.52. The fourth-order valence-corrected chi connectivity index (χ4v) is 2.28. The molecule has 0 saturated carbocycles. The molecule has 0 aliphatic carbocycles. The maximum absolute atomic E-state index is 11.9. The third-order valence-electron chi connectivity index (χ3n) is 3.14. The number of quaternary nitrogens is 1. The quantitative estimate of drug-likeness (QED) is 0.560. The normalized spacial score (nSPS) is 12.7. The Morgan fingerprint density at radius 3 is 2.36 bits per heavy atom. The van der Waals surface area contributed by atoms with Crippen LogP contribution in [-0.2, 0) is 20.7 Å². The lowest BCUT2D eigenvalue weighted by atomic mass is 10.1. The molecule has 0 heterocycles. The summed E-state index contributed by atoms with van der Waals surface area (Å²) in [5.41, 5.74) is 1.18. The van der Waals surface area contributed by atoms with Gasteiger partial charge in [0, 0.05) is 6.42 Å². The number of nitrogens with zero attached hydrogens (tertiary/aromatic N) is 1. The minimum absolute atomic E-state index is 0.153. The van der Waals surface area contributed by atoms with Crippen LogP contribution in [0.1, 0.15) is 24.8 Å². The van der Waals surface area contributed by atoms with Crippen LogP contribution in [0.4, 0.5) is 0 Å². The topological polar surface area (TPSA) is 63.6 Å². The average molecular weight is 308 g/mol. The Hall–Kier alpha value is -1.88. The van der Waals surface area contributed by atoms with Crippen LogP contribution in [-0.4, -0.2) is 55.3 Å². The Morgan fingerprint density at radius 2 is 1.82 bits per heavy atom. The summed E-state index contributed by atoms with van der Waals surface area (Å²) in [6, 6.07) is 9.94. The number of carbonyl (C=O) groups excluding carboxylic acids is 1. The van der Waals surface area contributed by atoms with Gasteiger partial charge in [-0.2, -0.15) is 0 Å². The van der Waals surface area contributed by atoms with Crippen molar-refractivity contribution in [2.75, 3.05) is 27.7 Å². The summed E-state index contributed by atoms with van der Waals surface area (Å²) in [5, 5.41) is 8.92. The average Bonchev–Trinajstić information content (AvgIpc) is 2.37. The molecule has 22 heavy (non-hydrogen) atoms. The molecule has 0 saturated heterocycles. The zero-order valence-electron chi connectivity index (χ0n) is 13.6. The SMILES string of the molecule is C[N+](C)(C)C[C@@H](CC(=O)O)OC(=O)CCCc1ccccc1. The number of aryl methyl sites for hydroxylation is 1. The number of rotatable bonds is 9. The van der Waals surface area contributed by atoms with Gasteiger partial charge in [-0.1, -0.05) is 30.3 Å². The van der Waals surface area contributed by atoms with Gasteiger partial charge in [-0.05, 0) is 18.4 Å². The van der Waals surface area contributed by atoms with E-state index in [1.54, 1.807) is 0 Å². The van der Waals surface area contributed by atoms with Crippen molar-refractivity contribution in [3.63, 3.8) is 0 Å². The Kier molecular flexibility index (Phi) is 7.05. The molecule has 0 aliphatic rings. The van der Waals surface area contributed by atoms with E-state index >= 15 is 0 Å². The smallest absolute Gasteiger partial charge is 0.307 e. The predicted octanol–water partition coefficient (Wildman–Crippen LogP) is 2.10. The standard InChI is InChI=1S/C17H25NO4/c1-18(2,3)13-15(12-16(19)20)22-17(21)11-7-10-14-8-5-4-6-9-14/h4-6,8-9,15H,7,10-13H2,1-3H3/p+1/t15-/m1/s1. The highest BCUT2D eigenvalue weighted by molar-refractivity contribution is 5.71. The van der Waals surface area contributed by atoms with Crippen molar-refractivity contribution in [2.45, 2.75) is 31.8 Å². The van der Waals surface area contributed by atoms with E-state index in [0.29, 0.717) is 23.9 Å². The molecule has 1 aromatic rings. The lowest BCUT2D eigenvalue weighted by Crippen LogP contribution is -2.43. The molecule has 122 valence electrons. The van der Waals surface area contributed by atoms with Gasteiger partial charge in [0.2, 0.25) is 0 Å². The van der Waals surface area contributed by atoms with E-state index in [0.717, 1.165) is 6.42 Å². The molecule has 0 bridgehead atoms. The summed E-state index contributed by atoms with van der Waals surface area (Å²) in [7, 11) is 5.83. The van der Waals surface area contributed by atoms with E-state index in [-0.39, 0.29) is 12.4 Å². The van der Waals surface area contributed by atoms with Gasteiger partial charge in [0.05, 0.1) is 27.6 Å². The molecule has 0 spiro atoms. The van der Waals surface area contributed by atoms with E-state index in [2.05, 4.69) is 0 Å². The zero-order valence-corrected chi connectivity index (χ0v) is 13.6. The second-order valence-corrected chi connectivity index (χ2v) is 6.52. The monoisotopic (exact) mass is 308 g/mol. The van der Waals surface area contributed by atoms with E-state index in [1.165, 1.54) is 5.56 Å². The fourth-order valence-electron chi connectivity index (χ4n) is 2.28. The predicted molar refractivity (Wildman–Crippen MR) is 84.4 cm³/mol. The maximum atomic E-state index is 11.9. The van der Waals surface area contributed by atoms with Crippen LogP contribution in [0.5, 0.6) is 0 Å². The number of aliphatic carboxylic acids is 1. The first-order chi connectivity index (χ1) is 10.3. The van der Waals surface area contributed by atoms with Crippen LogP contribution in [0.25, 0.3) is 0 Å². The highest BCUT2D eigenvalue weighted by Crippen LogP contribution is 2.09. The van der Waals surface area contributed by atoms with Gasteiger partial charge in [0.25, 0.3) is 0 Å². The molecule has 1 aromatic carbocycles. The van der Waals surface area contributed by atoms with Crippen LogP contribution < -0.4 is 0 Å². The highest BCUT2D eigenvalue weighted by Gasteiger charge is 2.24. The van der Waals surface area contributed by atoms with Crippen molar-refractivity contribution in [2.24, 2.45) is 0 Å². The molecule has 1 N–H and O–H groups in total. The molecular weight excluding hydrogens is 282 g/mol. The lowest BCUT2D eigenvalue weighted by Gasteiger charge is -2.28. The van der Waals surface area contributed by atoms with Crippen molar-refractivity contribution < 1.29 is 23.9 Å². The zero-order chi connectivity index (χ0) is 16.6. The summed E-state index contributed by atoms with van der Waals surface area (Å²) in [5.74, 6) is -1.27. The minimum atomic E-state index is -0.949. The first kappa shape index (κ1) is 18.2. The second kappa shape index (κ2) is 8.54. The molecule has 1 atom stereocenters. The van der Waals surface area contributed by atoms with Gasteiger partial charge < -0.3 is 14.3 Å². The Morgan fingerprint density at radius 1 is 1.18 bits per heavy atom. The molecule has 5 nitrogen and oxygen atoms in total. The Bertz CT molecular complexity index is 479. The summed E-state index contributed by atoms with van der Waals surface area (Å²) in [6.45, 7) is 0.483. The van der Waals surface area contributed by atoms with E-state index < -0.39 is 12.1 Å². The summed E-state index contributed by atoms with van der Waals surface area (Å²) in [6.07, 6.45) is 1.09. The maximum Gasteiger partial charge on any atom is 0.307 e. The molecule has 0 fully saturated rings. The second-order valence-electron chi connectivity index (χ2n) is 6.52. The van der Waals surface area contributed by atoms with E-state index in [9.17, 15) is 9.59 Å². The summed E-state index contributed by atoms with van der Waals surface area (Å²) >= 11 is 0. The molecule has 0 aromatic heterocycles. The van der Waals surface area contributed by atoms with Crippen LogP contribution in [0.15, 0.2) is 30.3 Å². The molecule has 0 amide bonds. The number of esters is 1. The number of likely N-dealkylation sites (N-methyl/N-ethyl adjacent to an activating group) is 1. The van der Waals surface area contributed by atoms with Crippen LogP contribution in [0.2, 0.25) is 0 Å².